The van der Waals surface area contributed by atoms with Gasteiger partial charge < -0.3 is 9.64 Å². The van der Waals surface area contributed by atoms with Gasteiger partial charge in [-0.05, 0) is 62.6 Å². The number of amides is 3. The van der Waals surface area contributed by atoms with Crippen LogP contribution in [0.25, 0.3) is 0 Å². The molecule has 0 N–H and O–H groups in total. The summed E-state index contributed by atoms with van der Waals surface area (Å²) in [6.45, 7) is 9.91. The van der Waals surface area contributed by atoms with Crippen molar-refractivity contribution in [1.82, 2.24) is 19.7 Å². The molecule has 0 radical (unpaired) electrons. The van der Waals surface area contributed by atoms with E-state index in [1.165, 1.54) is 10.5 Å². The van der Waals surface area contributed by atoms with E-state index in [1.54, 1.807) is 19.5 Å². The summed E-state index contributed by atoms with van der Waals surface area (Å²) in [5, 5.41) is 0. The topological polar surface area (TPSA) is 66.0 Å². The third-order valence-electron chi connectivity index (χ3n) is 6.80. The second-order valence-corrected chi connectivity index (χ2v) is 9.40. The van der Waals surface area contributed by atoms with Gasteiger partial charge in [0.25, 0.3) is 5.91 Å². The van der Waals surface area contributed by atoms with Gasteiger partial charge in [-0.3, -0.25) is 19.6 Å². The molecule has 172 valence electrons. The second kappa shape index (κ2) is 10.6. The standard InChI is InChI=1S/C24H38N4O3/c1-19(2)9-15-28-23(30)27(14-5-6-21-7-12-25-13-8-21)22(29)24(28)10-16-26(17-11-24)20(3)18-31-4/h7-8,12-13,19-20H,5-6,9-11,14-18H2,1-4H3/t20-/m1/s1. The number of hydrogen-bond donors (Lipinski definition) is 0. The highest BCUT2D eigenvalue weighted by Crippen LogP contribution is 2.38. The molecule has 2 aliphatic rings. The lowest BCUT2D eigenvalue weighted by atomic mass is 9.85. The summed E-state index contributed by atoms with van der Waals surface area (Å²) in [7, 11) is 1.72. The highest BCUT2D eigenvalue weighted by molar-refractivity contribution is 6.07. The van der Waals surface area contributed by atoms with Crippen LogP contribution in [-0.4, -0.2) is 83.1 Å². The zero-order valence-electron chi connectivity index (χ0n) is 19.5. The van der Waals surface area contributed by atoms with Crippen LogP contribution in [0, 0.1) is 5.92 Å². The minimum atomic E-state index is -0.675. The van der Waals surface area contributed by atoms with E-state index in [4.69, 9.17) is 4.74 Å². The number of hydrogen-bond acceptors (Lipinski definition) is 5. The molecule has 0 aromatic carbocycles. The normalized spacial score (nSPS) is 20.3. The van der Waals surface area contributed by atoms with Crippen LogP contribution in [0.15, 0.2) is 24.5 Å². The number of methoxy groups -OCH3 is 1. The van der Waals surface area contributed by atoms with E-state index >= 15 is 0 Å². The zero-order valence-corrected chi connectivity index (χ0v) is 19.5. The fourth-order valence-corrected chi connectivity index (χ4v) is 4.83. The number of urea groups is 1. The van der Waals surface area contributed by atoms with Crippen LogP contribution in [0.4, 0.5) is 4.79 Å². The molecule has 0 saturated carbocycles. The van der Waals surface area contributed by atoms with Crippen molar-refractivity contribution in [1.29, 1.82) is 0 Å². The monoisotopic (exact) mass is 430 g/mol. The van der Waals surface area contributed by atoms with Gasteiger partial charge in [0.2, 0.25) is 0 Å². The molecule has 1 spiro atoms. The molecule has 7 nitrogen and oxygen atoms in total. The summed E-state index contributed by atoms with van der Waals surface area (Å²) in [5.74, 6) is 0.498. The van der Waals surface area contributed by atoms with E-state index in [0.29, 0.717) is 44.5 Å². The molecule has 3 rings (SSSR count). The number of aromatic nitrogens is 1. The Labute approximate surface area is 186 Å². The average molecular weight is 431 g/mol. The number of imide groups is 1. The molecule has 1 aromatic rings. The summed E-state index contributed by atoms with van der Waals surface area (Å²) >= 11 is 0. The fraction of sp³-hybridized carbons (Fsp3) is 0.708. The Hall–Kier alpha value is -1.99. The van der Waals surface area contributed by atoms with Crippen LogP contribution in [0.2, 0.25) is 0 Å². The molecule has 2 fully saturated rings. The number of carbonyl (C=O) groups is 2. The largest absolute Gasteiger partial charge is 0.383 e. The Morgan fingerprint density at radius 2 is 1.77 bits per heavy atom. The number of piperidine rings is 1. The Morgan fingerprint density at radius 3 is 2.39 bits per heavy atom. The van der Waals surface area contributed by atoms with Crippen molar-refractivity contribution in [3.63, 3.8) is 0 Å². The van der Waals surface area contributed by atoms with Crippen LogP contribution in [-0.2, 0) is 16.0 Å². The fourth-order valence-electron chi connectivity index (χ4n) is 4.83. The molecule has 3 heterocycles. The van der Waals surface area contributed by atoms with E-state index in [9.17, 15) is 9.59 Å². The maximum Gasteiger partial charge on any atom is 0.327 e. The molecular weight excluding hydrogens is 392 g/mol. The lowest BCUT2D eigenvalue weighted by molar-refractivity contribution is -0.136. The number of rotatable bonds is 10. The van der Waals surface area contributed by atoms with Crippen LogP contribution in [0.3, 0.4) is 0 Å². The molecule has 0 unspecified atom stereocenters. The summed E-state index contributed by atoms with van der Waals surface area (Å²) in [6, 6.07) is 4.19. The molecule has 3 amide bonds. The summed E-state index contributed by atoms with van der Waals surface area (Å²) in [5.41, 5.74) is 0.507. The van der Waals surface area contributed by atoms with Crippen LogP contribution in [0.5, 0.6) is 0 Å². The van der Waals surface area contributed by atoms with Crippen molar-refractivity contribution in [2.45, 2.75) is 64.5 Å². The molecule has 2 aliphatic heterocycles. The quantitative estimate of drug-likeness (QED) is 0.534. The number of nitrogens with zero attached hydrogens (tertiary/aromatic N) is 4. The van der Waals surface area contributed by atoms with Gasteiger partial charge in [-0.1, -0.05) is 13.8 Å². The average Bonchev–Trinajstić information content (AvgIpc) is 2.94. The SMILES string of the molecule is COC[C@@H](C)N1CCC2(CC1)C(=O)N(CCCc1ccncc1)C(=O)N2CCC(C)C. The highest BCUT2D eigenvalue weighted by Gasteiger charge is 2.57. The zero-order chi connectivity index (χ0) is 22.4. The first-order valence-electron chi connectivity index (χ1n) is 11.6. The summed E-state index contributed by atoms with van der Waals surface area (Å²) < 4.78 is 5.31. The van der Waals surface area contributed by atoms with Crippen molar-refractivity contribution in [3.8, 4) is 0 Å². The molecule has 7 heteroatoms. The number of ether oxygens (including phenoxy) is 1. The molecular formula is C24H38N4O3. The first-order valence-corrected chi connectivity index (χ1v) is 11.6. The number of pyridine rings is 1. The predicted octanol–water partition coefficient (Wildman–Crippen LogP) is 3.19. The van der Waals surface area contributed by atoms with Gasteiger partial charge in [0, 0.05) is 51.7 Å². The van der Waals surface area contributed by atoms with Gasteiger partial charge in [0.15, 0.2) is 0 Å². The first kappa shape index (κ1) is 23.7. The molecule has 2 saturated heterocycles. The number of likely N-dealkylation sites (tertiary alicyclic amines) is 1. The summed E-state index contributed by atoms with van der Waals surface area (Å²) in [4.78, 5) is 36.8. The van der Waals surface area contributed by atoms with Gasteiger partial charge >= 0.3 is 6.03 Å². The minimum absolute atomic E-state index is 0.00929. The lowest BCUT2D eigenvalue weighted by Crippen LogP contribution is -2.58. The summed E-state index contributed by atoms with van der Waals surface area (Å²) in [6.07, 6.45) is 7.48. The Bertz CT molecular complexity index is 732. The van der Waals surface area contributed by atoms with Gasteiger partial charge in [0.1, 0.15) is 5.54 Å². The number of aryl methyl sites for hydroxylation is 1. The Kier molecular flexibility index (Phi) is 8.06. The Morgan fingerprint density at radius 1 is 1.10 bits per heavy atom. The van der Waals surface area contributed by atoms with Gasteiger partial charge in [0.05, 0.1) is 6.61 Å². The third-order valence-corrected chi connectivity index (χ3v) is 6.80. The lowest BCUT2D eigenvalue weighted by Gasteiger charge is -2.44. The highest BCUT2D eigenvalue weighted by atomic mass is 16.5. The van der Waals surface area contributed by atoms with Crippen molar-refractivity contribution in [3.05, 3.63) is 30.1 Å². The van der Waals surface area contributed by atoms with Crippen molar-refractivity contribution in [2.24, 2.45) is 5.92 Å². The second-order valence-electron chi connectivity index (χ2n) is 9.40. The minimum Gasteiger partial charge on any atom is -0.383 e. The molecule has 31 heavy (non-hydrogen) atoms. The first-order chi connectivity index (χ1) is 14.9. The van der Waals surface area contributed by atoms with E-state index in [2.05, 4.69) is 30.7 Å². The van der Waals surface area contributed by atoms with E-state index in [1.807, 2.05) is 17.0 Å². The van der Waals surface area contributed by atoms with Gasteiger partial charge in [-0.15, -0.1) is 0 Å². The van der Waals surface area contributed by atoms with Crippen LogP contribution < -0.4 is 0 Å². The van der Waals surface area contributed by atoms with Crippen molar-refractivity contribution in [2.75, 3.05) is 39.9 Å². The van der Waals surface area contributed by atoms with Crippen LogP contribution >= 0.6 is 0 Å². The molecule has 1 aromatic heterocycles. The van der Waals surface area contributed by atoms with Gasteiger partial charge in [-0.25, -0.2) is 4.79 Å². The maximum absolute atomic E-state index is 13.6. The number of carbonyl (C=O) groups excluding carboxylic acids is 2. The molecule has 0 bridgehead atoms. The van der Waals surface area contributed by atoms with Crippen molar-refractivity contribution < 1.29 is 14.3 Å². The molecule has 0 aliphatic carbocycles. The maximum atomic E-state index is 13.6. The third kappa shape index (κ3) is 5.26. The van der Waals surface area contributed by atoms with E-state index < -0.39 is 5.54 Å². The van der Waals surface area contributed by atoms with E-state index in [0.717, 1.165) is 32.4 Å². The Balaban J connectivity index is 1.70. The smallest absolute Gasteiger partial charge is 0.327 e. The van der Waals surface area contributed by atoms with Crippen LogP contribution in [0.1, 0.15) is 52.0 Å². The van der Waals surface area contributed by atoms with Crippen molar-refractivity contribution >= 4 is 11.9 Å². The van der Waals surface area contributed by atoms with Gasteiger partial charge in [-0.2, -0.15) is 0 Å². The molecule has 1 atom stereocenters. The predicted molar refractivity (Wildman–Crippen MR) is 121 cm³/mol. The van der Waals surface area contributed by atoms with E-state index in [-0.39, 0.29) is 11.9 Å².